The summed E-state index contributed by atoms with van der Waals surface area (Å²) in [6.45, 7) is 7.92. The first-order valence-electron chi connectivity index (χ1n) is 10.1. The lowest BCUT2D eigenvalue weighted by molar-refractivity contribution is 0.172. The van der Waals surface area contributed by atoms with Crippen LogP contribution in [0.3, 0.4) is 0 Å². The van der Waals surface area contributed by atoms with Crippen LogP contribution in [0.4, 0.5) is 0 Å². The third-order valence-electron chi connectivity index (χ3n) is 4.81. The molecule has 1 heterocycles. The molecule has 1 fully saturated rings. The van der Waals surface area contributed by atoms with E-state index < -0.39 is 0 Å². The molecule has 27 heavy (non-hydrogen) atoms. The van der Waals surface area contributed by atoms with E-state index in [0.29, 0.717) is 12.6 Å². The van der Waals surface area contributed by atoms with Crippen LogP contribution < -0.4 is 15.4 Å². The van der Waals surface area contributed by atoms with Crippen molar-refractivity contribution in [3.05, 3.63) is 29.8 Å². The topological polar surface area (TPSA) is 58.1 Å². The second-order valence-corrected chi connectivity index (χ2v) is 7.03. The van der Waals surface area contributed by atoms with Crippen LogP contribution in [-0.4, -0.2) is 63.9 Å². The smallest absolute Gasteiger partial charge is 0.191 e. The largest absolute Gasteiger partial charge is 0.493 e. The van der Waals surface area contributed by atoms with Crippen molar-refractivity contribution in [3.8, 4) is 5.75 Å². The lowest BCUT2D eigenvalue weighted by Gasteiger charge is -2.32. The van der Waals surface area contributed by atoms with Crippen LogP contribution in [0.15, 0.2) is 29.3 Å². The van der Waals surface area contributed by atoms with E-state index in [1.165, 1.54) is 44.5 Å². The van der Waals surface area contributed by atoms with E-state index in [4.69, 9.17) is 9.47 Å². The molecule has 0 radical (unpaired) electrons. The summed E-state index contributed by atoms with van der Waals surface area (Å²) in [5.41, 5.74) is 1.18. The molecule has 6 heteroatoms. The maximum Gasteiger partial charge on any atom is 0.191 e. The Balaban J connectivity index is 1.74. The second-order valence-electron chi connectivity index (χ2n) is 7.03. The van der Waals surface area contributed by atoms with Crippen molar-refractivity contribution in [2.24, 2.45) is 4.99 Å². The van der Waals surface area contributed by atoms with Crippen LogP contribution in [-0.2, 0) is 11.3 Å². The minimum Gasteiger partial charge on any atom is -0.493 e. The zero-order chi connectivity index (χ0) is 19.3. The van der Waals surface area contributed by atoms with Crippen molar-refractivity contribution in [3.63, 3.8) is 0 Å². The number of rotatable bonds is 10. The van der Waals surface area contributed by atoms with Gasteiger partial charge in [-0.1, -0.05) is 19.1 Å². The molecule has 1 aromatic carbocycles. The molecule has 2 rings (SSSR count). The fourth-order valence-electron chi connectivity index (χ4n) is 3.33. The summed E-state index contributed by atoms with van der Waals surface area (Å²) in [6, 6.07) is 8.71. The Labute approximate surface area is 164 Å². The number of nitrogens with one attached hydrogen (secondary N) is 2. The molecule has 6 nitrogen and oxygen atoms in total. The molecule has 0 saturated carbocycles. The molecular formula is C21H36N4O2. The van der Waals surface area contributed by atoms with E-state index >= 15 is 0 Å². The van der Waals surface area contributed by atoms with Crippen LogP contribution >= 0.6 is 0 Å². The van der Waals surface area contributed by atoms with Crippen molar-refractivity contribution in [2.75, 3.05) is 47.0 Å². The van der Waals surface area contributed by atoms with Crippen molar-refractivity contribution in [2.45, 2.75) is 45.2 Å². The predicted octanol–water partition coefficient (Wildman–Crippen LogP) is 2.64. The zero-order valence-corrected chi connectivity index (χ0v) is 17.2. The first-order valence-corrected chi connectivity index (χ1v) is 10.1. The summed E-state index contributed by atoms with van der Waals surface area (Å²) in [6.07, 6.45) is 4.47. The van der Waals surface area contributed by atoms with E-state index in [1.807, 2.05) is 19.2 Å². The Morgan fingerprint density at radius 1 is 1.26 bits per heavy atom. The number of likely N-dealkylation sites (tertiary alicyclic amines) is 1. The third kappa shape index (κ3) is 8.18. The van der Waals surface area contributed by atoms with Gasteiger partial charge in [0.2, 0.25) is 0 Å². The monoisotopic (exact) mass is 376 g/mol. The van der Waals surface area contributed by atoms with Crippen LogP contribution in [0.2, 0.25) is 0 Å². The molecule has 0 aromatic heterocycles. The lowest BCUT2D eigenvalue weighted by Crippen LogP contribution is -2.48. The Hall–Kier alpha value is -1.79. The molecule has 1 aromatic rings. The van der Waals surface area contributed by atoms with Crippen molar-refractivity contribution < 1.29 is 9.47 Å². The summed E-state index contributed by atoms with van der Waals surface area (Å²) >= 11 is 0. The molecule has 0 bridgehead atoms. The number of hydrogen-bond donors (Lipinski definition) is 2. The van der Waals surface area contributed by atoms with Gasteiger partial charge in [0.25, 0.3) is 0 Å². The molecule has 0 atom stereocenters. The highest BCUT2D eigenvalue weighted by atomic mass is 16.5. The zero-order valence-electron chi connectivity index (χ0n) is 17.2. The van der Waals surface area contributed by atoms with Crippen LogP contribution in [0, 0.1) is 0 Å². The lowest BCUT2D eigenvalue weighted by atomic mass is 10.1. The number of guanidine groups is 1. The van der Waals surface area contributed by atoms with E-state index in [-0.39, 0.29) is 0 Å². The summed E-state index contributed by atoms with van der Waals surface area (Å²) in [5, 5.41) is 6.99. The Bertz CT molecular complexity index is 557. The van der Waals surface area contributed by atoms with E-state index in [0.717, 1.165) is 31.3 Å². The minimum absolute atomic E-state index is 0.500. The molecule has 1 aliphatic heterocycles. The fraction of sp³-hybridized carbons (Fsp3) is 0.667. The van der Waals surface area contributed by atoms with E-state index in [9.17, 15) is 0 Å². The number of aliphatic imine (C=N–C) groups is 1. The summed E-state index contributed by atoms with van der Waals surface area (Å²) < 4.78 is 10.8. The third-order valence-corrected chi connectivity index (χ3v) is 4.81. The Kier molecular flexibility index (Phi) is 10.0. The van der Waals surface area contributed by atoms with E-state index in [1.54, 1.807) is 7.11 Å². The number of methoxy groups -OCH3 is 1. The molecule has 0 amide bonds. The highest BCUT2D eigenvalue weighted by Gasteiger charge is 2.19. The maximum absolute atomic E-state index is 5.77. The number of piperidine rings is 1. The van der Waals surface area contributed by atoms with Gasteiger partial charge in [-0.05, 0) is 43.5 Å². The van der Waals surface area contributed by atoms with Gasteiger partial charge in [0.15, 0.2) is 5.96 Å². The Morgan fingerprint density at radius 2 is 2.07 bits per heavy atom. The normalized spacial score (nSPS) is 16.3. The Morgan fingerprint density at radius 3 is 2.78 bits per heavy atom. The molecule has 2 N–H and O–H groups in total. The first-order chi connectivity index (χ1) is 13.2. The van der Waals surface area contributed by atoms with Gasteiger partial charge in [-0.25, -0.2) is 0 Å². The van der Waals surface area contributed by atoms with Gasteiger partial charge in [-0.3, -0.25) is 4.99 Å². The number of ether oxygens (including phenoxy) is 2. The predicted molar refractivity (Wildman–Crippen MR) is 112 cm³/mol. The SMILES string of the molecule is CCCN1CCC(NC(=NC)NCc2cccc(OCCCOC)c2)CC1. The quantitative estimate of drug-likeness (QED) is 0.373. The first kappa shape index (κ1) is 21.5. The van der Waals surface area contributed by atoms with Crippen molar-refractivity contribution in [1.29, 1.82) is 0 Å². The average Bonchev–Trinajstić information content (AvgIpc) is 2.70. The molecule has 0 unspecified atom stereocenters. The molecule has 0 spiro atoms. The van der Waals surface area contributed by atoms with Crippen LogP contribution in [0.25, 0.3) is 0 Å². The molecule has 0 aliphatic carbocycles. The van der Waals surface area contributed by atoms with E-state index in [2.05, 4.69) is 39.6 Å². The molecule has 152 valence electrons. The van der Waals surface area contributed by atoms with Gasteiger partial charge in [0.1, 0.15) is 5.75 Å². The highest BCUT2D eigenvalue weighted by Crippen LogP contribution is 2.14. The van der Waals surface area contributed by atoms with Crippen molar-refractivity contribution >= 4 is 5.96 Å². The summed E-state index contributed by atoms with van der Waals surface area (Å²) in [4.78, 5) is 6.93. The molecular weight excluding hydrogens is 340 g/mol. The maximum atomic E-state index is 5.77. The van der Waals surface area contributed by atoms with Gasteiger partial charge < -0.3 is 25.0 Å². The number of benzene rings is 1. The summed E-state index contributed by atoms with van der Waals surface area (Å²) in [5.74, 6) is 1.77. The van der Waals surface area contributed by atoms with Crippen LogP contribution in [0.1, 0.15) is 38.2 Å². The fourth-order valence-corrected chi connectivity index (χ4v) is 3.33. The molecule has 1 aliphatic rings. The van der Waals surface area contributed by atoms with Gasteiger partial charge in [-0.2, -0.15) is 0 Å². The standard InChI is InChI=1S/C21H36N4O2/c1-4-11-25-12-9-19(10-13-25)24-21(22-2)23-17-18-7-5-8-20(16-18)27-15-6-14-26-3/h5,7-8,16,19H,4,6,9-15,17H2,1-3H3,(H2,22,23,24). The highest BCUT2D eigenvalue weighted by molar-refractivity contribution is 5.79. The van der Waals surface area contributed by atoms with Crippen LogP contribution in [0.5, 0.6) is 5.75 Å². The minimum atomic E-state index is 0.500. The number of hydrogen-bond acceptors (Lipinski definition) is 4. The van der Waals surface area contributed by atoms with Gasteiger partial charge >= 0.3 is 0 Å². The van der Waals surface area contributed by atoms with Gasteiger partial charge in [-0.15, -0.1) is 0 Å². The van der Waals surface area contributed by atoms with Gasteiger partial charge in [0.05, 0.1) is 6.61 Å². The number of nitrogens with zero attached hydrogens (tertiary/aromatic N) is 2. The van der Waals surface area contributed by atoms with Gasteiger partial charge in [0, 0.05) is 52.9 Å². The average molecular weight is 377 g/mol. The summed E-state index contributed by atoms with van der Waals surface area (Å²) in [7, 11) is 3.54. The second kappa shape index (κ2) is 12.6. The molecule has 1 saturated heterocycles. The van der Waals surface area contributed by atoms with Crippen molar-refractivity contribution in [1.82, 2.24) is 15.5 Å².